The maximum atomic E-state index is 13.1. The molecule has 6 heteroatoms. The molecule has 1 aromatic rings. The second-order valence-electron chi connectivity index (χ2n) is 7.85. The fourth-order valence-electron chi connectivity index (χ4n) is 5.21. The van der Waals surface area contributed by atoms with Gasteiger partial charge in [0.15, 0.2) is 0 Å². The average Bonchev–Trinajstić information content (AvgIpc) is 2.68. The Labute approximate surface area is 152 Å². The van der Waals surface area contributed by atoms with Crippen molar-refractivity contribution >= 4 is 17.6 Å². The number of aliphatic carboxylic acids is 1. The molecule has 0 unspecified atom stereocenters. The predicted octanol–water partition coefficient (Wildman–Crippen LogP) is 2.61. The van der Waals surface area contributed by atoms with E-state index in [1.807, 2.05) is 4.90 Å². The fraction of sp³-hybridized carbons (Fsp3) is 0.600. The lowest BCUT2D eigenvalue weighted by Crippen LogP contribution is -2.56. The maximum Gasteiger partial charge on any atom is 0.307 e. The average molecular weight is 360 g/mol. The van der Waals surface area contributed by atoms with Crippen LogP contribution in [0.2, 0.25) is 0 Å². The van der Waals surface area contributed by atoms with E-state index in [0.717, 1.165) is 31.4 Å². The Balaban J connectivity index is 1.43. The van der Waals surface area contributed by atoms with Crippen molar-refractivity contribution in [1.29, 1.82) is 0 Å². The quantitative estimate of drug-likeness (QED) is 0.900. The largest absolute Gasteiger partial charge is 0.481 e. The zero-order valence-electron chi connectivity index (χ0n) is 14.8. The Morgan fingerprint density at radius 2 is 1.42 bits per heavy atom. The van der Waals surface area contributed by atoms with Gasteiger partial charge in [-0.05, 0) is 61.8 Å². The monoisotopic (exact) mass is 360 g/mol. The molecule has 1 N–H and O–H groups in total. The van der Waals surface area contributed by atoms with Gasteiger partial charge in [0.1, 0.15) is 5.82 Å². The highest BCUT2D eigenvalue weighted by molar-refractivity contribution is 5.86. The number of carbonyl (C=O) groups is 2. The minimum atomic E-state index is -0.803. The molecule has 4 aliphatic rings. The standard InChI is InChI=1S/C20H25FN2O3/c21-15-5-7-16(8-6-15)22-9-11-23(12-10-22)19(24)17-13-1-3-14(4-2-13)18(17)20(25)26/h5-8,13-14,17-18H,1-4,9-12H2,(H,25,26)/t13?,14?,17-,18-/m1/s1. The Kier molecular flexibility index (Phi) is 4.59. The van der Waals surface area contributed by atoms with Crippen LogP contribution in [0.4, 0.5) is 10.1 Å². The van der Waals surface area contributed by atoms with Crippen molar-refractivity contribution in [2.24, 2.45) is 23.7 Å². The smallest absolute Gasteiger partial charge is 0.307 e. The number of benzene rings is 1. The van der Waals surface area contributed by atoms with Crippen LogP contribution in [0.3, 0.4) is 0 Å². The number of anilines is 1. The molecule has 2 atom stereocenters. The van der Waals surface area contributed by atoms with Crippen molar-refractivity contribution in [1.82, 2.24) is 4.90 Å². The van der Waals surface area contributed by atoms with E-state index >= 15 is 0 Å². The molecule has 5 nitrogen and oxygen atoms in total. The van der Waals surface area contributed by atoms with E-state index in [1.54, 1.807) is 12.1 Å². The molecule has 0 radical (unpaired) electrons. The molecule has 5 rings (SSSR count). The van der Waals surface area contributed by atoms with Gasteiger partial charge < -0.3 is 14.9 Å². The Morgan fingerprint density at radius 1 is 0.885 bits per heavy atom. The van der Waals surface area contributed by atoms with Gasteiger partial charge in [-0.15, -0.1) is 0 Å². The number of nitrogens with zero attached hydrogens (tertiary/aromatic N) is 2. The first kappa shape index (κ1) is 17.3. The molecule has 1 aromatic carbocycles. The van der Waals surface area contributed by atoms with E-state index in [4.69, 9.17) is 0 Å². The van der Waals surface area contributed by atoms with E-state index in [1.165, 1.54) is 12.1 Å². The SMILES string of the molecule is O=C(O)[C@@H]1C2CCC(CC2)[C@H]1C(=O)N1CCN(c2ccc(F)cc2)CC1. The third kappa shape index (κ3) is 3.06. The summed E-state index contributed by atoms with van der Waals surface area (Å²) in [6.07, 6.45) is 3.87. The van der Waals surface area contributed by atoms with Crippen LogP contribution in [0, 0.1) is 29.5 Å². The van der Waals surface area contributed by atoms with Crippen LogP contribution in [0.25, 0.3) is 0 Å². The summed E-state index contributed by atoms with van der Waals surface area (Å²) in [6.45, 7) is 2.57. The number of hydrogen-bond donors (Lipinski definition) is 1. The fourth-order valence-corrected chi connectivity index (χ4v) is 5.21. The molecule has 4 fully saturated rings. The van der Waals surface area contributed by atoms with Crippen molar-refractivity contribution in [3.8, 4) is 0 Å². The van der Waals surface area contributed by atoms with Crippen LogP contribution in [0.15, 0.2) is 24.3 Å². The molecule has 2 bridgehead atoms. The number of hydrogen-bond acceptors (Lipinski definition) is 3. The molecular formula is C20H25FN2O3. The number of carbonyl (C=O) groups excluding carboxylic acids is 1. The molecule has 1 heterocycles. The highest BCUT2D eigenvalue weighted by atomic mass is 19.1. The van der Waals surface area contributed by atoms with Crippen molar-refractivity contribution < 1.29 is 19.1 Å². The van der Waals surface area contributed by atoms with Crippen LogP contribution in [0.1, 0.15) is 25.7 Å². The molecule has 1 saturated heterocycles. The van der Waals surface area contributed by atoms with Gasteiger partial charge in [-0.3, -0.25) is 9.59 Å². The van der Waals surface area contributed by atoms with E-state index < -0.39 is 11.9 Å². The Bertz CT molecular complexity index is 677. The summed E-state index contributed by atoms with van der Waals surface area (Å²) in [5.41, 5.74) is 0.957. The predicted molar refractivity (Wildman–Crippen MR) is 95.3 cm³/mol. The first-order chi connectivity index (χ1) is 12.5. The molecule has 3 aliphatic carbocycles. The summed E-state index contributed by atoms with van der Waals surface area (Å²) in [6, 6.07) is 6.41. The van der Waals surface area contributed by atoms with Gasteiger partial charge in [0.05, 0.1) is 11.8 Å². The maximum absolute atomic E-state index is 13.1. The van der Waals surface area contributed by atoms with Gasteiger partial charge >= 0.3 is 5.97 Å². The van der Waals surface area contributed by atoms with Gasteiger partial charge in [-0.25, -0.2) is 4.39 Å². The molecular weight excluding hydrogens is 335 g/mol. The van der Waals surface area contributed by atoms with Crippen LogP contribution in [0.5, 0.6) is 0 Å². The summed E-state index contributed by atoms with van der Waals surface area (Å²) in [7, 11) is 0. The number of carboxylic acids is 1. The lowest BCUT2D eigenvalue weighted by atomic mass is 9.58. The van der Waals surface area contributed by atoms with Crippen molar-refractivity contribution in [2.45, 2.75) is 25.7 Å². The van der Waals surface area contributed by atoms with Gasteiger partial charge in [0.2, 0.25) is 5.91 Å². The van der Waals surface area contributed by atoms with Gasteiger partial charge in [-0.1, -0.05) is 0 Å². The zero-order valence-corrected chi connectivity index (χ0v) is 14.8. The van der Waals surface area contributed by atoms with Crippen LogP contribution < -0.4 is 4.90 Å². The lowest BCUT2D eigenvalue weighted by Gasteiger charge is -2.48. The van der Waals surface area contributed by atoms with E-state index in [2.05, 4.69) is 4.90 Å². The van der Waals surface area contributed by atoms with Crippen LogP contribution in [-0.2, 0) is 9.59 Å². The minimum Gasteiger partial charge on any atom is -0.481 e. The summed E-state index contributed by atoms with van der Waals surface area (Å²) in [5.74, 6) is -1.50. The molecule has 0 aromatic heterocycles. The number of amides is 1. The Morgan fingerprint density at radius 3 is 1.96 bits per heavy atom. The van der Waals surface area contributed by atoms with Gasteiger partial charge in [0.25, 0.3) is 0 Å². The number of piperazine rings is 1. The van der Waals surface area contributed by atoms with Crippen LogP contribution in [-0.4, -0.2) is 48.1 Å². The highest BCUT2D eigenvalue weighted by Crippen LogP contribution is 2.49. The lowest BCUT2D eigenvalue weighted by molar-refractivity contribution is -0.162. The molecule has 1 aliphatic heterocycles. The number of halogens is 1. The van der Waals surface area contributed by atoms with Gasteiger partial charge in [-0.2, -0.15) is 0 Å². The molecule has 3 saturated carbocycles. The second kappa shape index (κ2) is 6.89. The number of carboxylic acid groups (broad SMARTS) is 1. The summed E-state index contributed by atoms with van der Waals surface area (Å²) in [5, 5.41) is 9.68. The topological polar surface area (TPSA) is 60.9 Å². The number of fused-ring (bicyclic) bond motifs is 3. The van der Waals surface area contributed by atoms with Crippen molar-refractivity contribution in [3.63, 3.8) is 0 Å². The highest BCUT2D eigenvalue weighted by Gasteiger charge is 2.51. The third-order valence-electron chi connectivity index (χ3n) is 6.57. The second-order valence-corrected chi connectivity index (χ2v) is 7.85. The number of rotatable bonds is 3. The summed E-state index contributed by atoms with van der Waals surface area (Å²) < 4.78 is 13.1. The van der Waals surface area contributed by atoms with E-state index in [0.29, 0.717) is 26.2 Å². The van der Waals surface area contributed by atoms with Crippen molar-refractivity contribution in [2.75, 3.05) is 31.1 Å². The molecule has 0 spiro atoms. The minimum absolute atomic E-state index is 0.0329. The molecule has 140 valence electrons. The Hall–Kier alpha value is -2.11. The first-order valence-electron chi connectivity index (χ1n) is 9.56. The zero-order chi connectivity index (χ0) is 18.3. The van der Waals surface area contributed by atoms with E-state index in [9.17, 15) is 19.1 Å². The van der Waals surface area contributed by atoms with Crippen molar-refractivity contribution in [3.05, 3.63) is 30.1 Å². The molecule has 26 heavy (non-hydrogen) atoms. The summed E-state index contributed by atoms with van der Waals surface area (Å²) in [4.78, 5) is 28.9. The third-order valence-corrected chi connectivity index (χ3v) is 6.57. The summed E-state index contributed by atoms with van der Waals surface area (Å²) >= 11 is 0. The van der Waals surface area contributed by atoms with E-state index in [-0.39, 0.29) is 29.5 Å². The normalized spacial score (nSPS) is 31.1. The van der Waals surface area contributed by atoms with Crippen LogP contribution >= 0.6 is 0 Å². The first-order valence-corrected chi connectivity index (χ1v) is 9.56. The molecule has 1 amide bonds. The van der Waals surface area contributed by atoms with Gasteiger partial charge in [0, 0.05) is 31.9 Å².